The predicted octanol–water partition coefficient (Wildman–Crippen LogP) is 1.35. The summed E-state index contributed by atoms with van der Waals surface area (Å²) in [4.78, 5) is 20.8. The van der Waals surface area contributed by atoms with Crippen LogP contribution in [0.25, 0.3) is 0 Å². The molecule has 2 aliphatic heterocycles. The molecule has 3 heterocycles. The Morgan fingerprint density at radius 3 is 2.90 bits per heavy atom. The molecule has 0 saturated carbocycles. The van der Waals surface area contributed by atoms with Gasteiger partial charge < -0.3 is 14.9 Å². The van der Waals surface area contributed by atoms with E-state index in [0.717, 1.165) is 39.0 Å². The highest BCUT2D eigenvalue weighted by atomic mass is 16.3. The Morgan fingerprint density at radius 1 is 1.35 bits per heavy atom. The van der Waals surface area contributed by atoms with Crippen LogP contribution in [0.4, 0.5) is 0 Å². The minimum atomic E-state index is -0.142. The molecule has 1 aromatic rings. The zero-order valence-electron chi connectivity index (χ0n) is 11.9. The van der Waals surface area contributed by atoms with Gasteiger partial charge in [-0.25, -0.2) is 4.98 Å². The van der Waals surface area contributed by atoms with Gasteiger partial charge in [0.05, 0.1) is 0 Å². The van der Waals surface area contributed by atoms with Gasteiger partial charge in [-0.05, 0) is 45.0 Å². The van der Waals surface area contributed by atoms with E-state index in [0.29, 0.717) is 0 Å². The van der Waals surface area contributed by atoms with Gasteiger partial charge in [0.2, 0.25) is 0 Å². The maximum atomic E-state index is 12.5. The Morgan fingerprint density at radius 2 is 2.20 bits per heavy atom. The fourth-order valence-electron chi connectivity index (χ4n) is 3.58. The van der Waals surface area contributed by atoms with E-state index in [2.05, 4.69) is 16.9 Å². The first-order valence-electron chi connectivity index (χ1n) is 7.21. The number of carbonyl (C=O) groups is 1. The normalized spacial score (nSPS) is 27.1. The van der Waals surface area contributed by atoms with Crippen molar-refractivity contribution in [2.45, 2.75) is 19.3 Å². The zero-order chi connectivity index (χ0) is 14.2. The average Bonchev–Trinajstić information content (AvgIpc) is 2.79. The molecular weight excluding hydrogens is 254 g/mol. The predicted molar refractivity (Wildman–Crippen MR) is 75.6 cm³/mol. The van der Waals surface area contributed by atoms with Gasteiger partial charge in [-0.2, -0.15) is 0 Å². The van der Waals surface area contributed by atoms with E-state index in [9.17, 15) is 9.90 Å². The number of nitrogens with zero attached hydrogens (tertiary/aromatic N) is 3. The summed E-state index contributed by atoms with van der Waals surface area (Å²) in [5.41, 5.74) is 0.420. The molecule has 5 heteroatoms. The van der Waals surface area contributed by atoms with Crippen molar-refractivity contribution in [1.82, 2.24) is 14.8 Å². The zero-order valence-corrected chi connectivity index (χ0v) is 11.9. The molecule has 0 aromatic carbocycles. The molecule has 1 atom stereocenters. The molecule has 1 N–H and O–H groups in total. The van der Waals surface area contributed by atoms with Crippen molar-refractivity contribution in [3.05, 3.63) is 24.0 Å². The van der Waals surface area contributed by atoms with Crippen molar-refractivity contribution in [2.75, 3.05) is 33.2 Å². The highest BCUT2D eigenvalue weighted by Crippen LogP contribution is 2.38. The number of carbonyl (C=O) groups excluding carboxylic acids is 1. The number of pyridine rings is 1. The molecule has 2 aliphatic rings. The highest BCUT2D eigenvalue weighted by Gasteiger charge is 2.41. The lowest BCUT2D eigenvalue weighted by Crippen LogP contribution is -2.47. The van der Waals surface area contributed by atoms with Gasteiger partial charge in [0.1, 0.15) is 5.75 Å². The minimum absolute atomic E-state index is 0.0272. The molecule has 3 rings (SSSR count). The second-order valence-corrected chi connectivity index (χ2v) is 6.19. The van der Waals surface area contributed by atoms with Gasteiger partial charge in [0.15, 0.2) is 5.69 Å². The maximum absolute atomic E-state index is 12.5. The molecule has 1 aromatic heterocycles. The number of aromatic hydroxyl groups is 1. The first kappa shape index (κ1) is 13.4. The van der Waals surface area contributed by atoms with E-state index in [1.165, 1.54) is 12.5 Å². The van der Waals surface area contributed by atoms with Crippen LogP contribution in [0.15, 0.2) is 18.3 Å². The second kappa shape index (κ2) is 5.05. The summed E-state index contributed by atoms with van der Waals surface area (Å²) in [5, 5.41) is 9.79. The third-order valence-electron chi connectivity index (χ3n) is 4.57. The molecule has 2 fully saturated rings. The molecule has 1 unspecified atom stereocenters. The third-order valence-corrected chi connectivity index (χ3v) is 4.57. The molecule has 5 nitrogen and oxygen atoms in total. The molecule has 1 amide bonds. The lowest BCUT2D eigenvalue weighted by molar-refractivity contribution is 0.0526. The van der Waals surface area contributed by atoms with Crippen LogP contribution in [-0.4, -0.2) is 59.0 Å². The Balaban J connectivity index is 1.77. The van der Waals surface area contributed by atoms with Crippen LogP contribution in [0.2, 0.25) is 0 Å². The van der Waals surface area contributed by atoms with E-state index in [-0.39, 0.29) is 22.8 Å². The van der Waals surface area contributed by atoms with Gasteiger partial charge in [-0.15, -0.1) is 0 Å². The van der Waals surface area contributed by atoms with E-state index in [4.69, 9.17) is 0 Å². The van der Waals surface area contributed by atoms with Crippen molar-refractivity contribution < 1.29 is 9.90 Å². The lowest BCUT2D eigenvalue weighted by Gasteiger charge is -2.40. The van der Waals surface area contributed by atoms with Crippen molar-refractivity contribution in [3.63, 3.8) is 0 Å². The molecule has 0 bridgehead atoms. The number of hydrogen-bond donors (Lipinski definition) is 1. The first-order chi connectivity index (χ1) is 9.60. The van der Waals surface area contributed by atoms with Crippen LogP contribution in [0, 0.1) is 5.41 Å². The summed E-state index contributed by atoms with van der Waals surface area (Å²) in [6, 6.07) is 3.15. The quantitative estimate of drug-likeness (QED) is 0.840. The lowest BCUT2D eigenvalue weighted by atomic mass is 9.79. The Kier molecular flexibility index (Phi) is 3.38. The first-order valence-corrected chi connectivity index (χ1v) is 7.21. The molecule has 108 valence electrons. The van der Waals surface area contributed by atoms with E-state index >= 15 is 0 Å². The van der Waals surface area contributed by atoms with Gasteiger partial charge in [-0.1, -0.05) is 0 Å². The molecular formula is C15H21N3O2. The smallest absolute Gasteiger partial charge is 0.276 e. The van der Waals surface area contributed by atoms with Crippen molar-refractivity contribution in [1.29, 1.82) is 0 Å². The number of hydrogen-bond acceptors (Lipinski definition) is 4. The topological polar surface area (TPSA) is 56.7 Å². The third kappa shape index (κ3) is 2.38. The number of rotatable bonds is 1. The van der Waals surface area contributed by atoms with Crippen molar-refractivity contribution in [3.8, 4) is 5.75 Å². The molecule has 0 radical (unpaired) electrons. The van der Waals surface area contributed by atoms with E-state index < -0.39 is 0 Å². The Hall–Kier alpha value is -1.62. The standard InChI is InChI=1S/C15H21N3O2/c1-17-9-6-15(10-17)5-3-8-18(11-15)14(20)13-12(19)4-2-7-16-13/h2,4,7,19H,3,5-6,8-11H2,1H3. The van der Waals surface area contributed by atoms with Crippen LogP contribution in [0.1, 0.15) is 29.8 Å². The summed E-state index contributed by atoms with van der Waals surface area (Å²) in [6.45, 7) is 3.72. The summed E-state index contributed by atoms with van der Waals surface area (Å²) in [5.74, 6) is -0.169. The number of likely N-dealkylation sites (tertiary alicyclic amines) is 2. The SMILES string of the molecule is CN1CCC2(CCCN(C(=O)c3ncccc3O)C2)C1. The van der Waals surface area contributed by atoms with Crippen LogP contribution in [-0.2, 0) is 0 Å². The molecule has 1 spiro atoms. The summed E-state index contributed by atoms with van der Waals surface area (Å²) in [7, 11) is 2.14. The molecule has 2 saturated heterocycles. The summed E-state index contributed by atoms with van der Waals surface area (Å²) in [6.07, 6.45) is 4.93. The minimum Gasteiger partial charge on any atom is -0.505 e. The Bertz CT molecular complexity index is 516. The van der Waals surface area contributed by atoms with E-state index in [1.807, 2.05) is 4.90 Å². The molecule has 0 aliphatic carbocycles. The van der Waals surface area contributed by atoms with E-state index in [1.54, 1.807) is 12.3 Å². The molecule has 20 heavy (non-hydrogen) atoms. The van der Waals surface area contributed by atoms with Gasteiger partial charge in [0.25, 0.3) is 5.91 Å². The number of amides is 1. The van der Waals surface area contributed by atoms with Crippen LogP contribution in [0.5, 0.6) is 5.75 Å². The summed E-state index contributed by atoms with van der Waals surface area (Å²) >= 11 is 0. The fraction of sp³-hybridized carbons (Fsp3) is 0.600. The monoisotopic (exact) mass is 275 g/mol. The summed E-state index contributed by atoms with van der Waals surface area (Å²) < 4.78 is 0. The number of piperidine rings is 1. The van der Waals surface area contributed by atoms with Crippen molar-refractivity contribution >= 4 is 5.91 Å². The Labute approximate surface area is 119 Å². The average molecular weight is 275 g/mol. The van der Waals surface area contributed by atoms with Crippen LogP contribution in [0.3, 0.4) is 0 Å². The largest absolute Gasteiger partial charge is 0.505 e. The van der Waals surface area contributed by atoms with Gasteiger partial charge >= 0.3 is 0 Å². The van der Waals surface area contributed by atoms with Crippen molar-refractivity contribution in [2.24, 2.45) is 5.41 Å². The highest BCUT2D eigenvalue weighted by molar-refractivity contribution is 5.94. The fourth-order valence-corrected chi connectivity index (χ4v) is 3.58. The van der Waals surface area contributed by atoms with Gasteiger partial charge in [-0.3, -0.25) is 4.79 Å². The number of aromatic nitrogens is 1. The van der Waals surface area contributed by atoms with Crippen LogP contribution < -0.4 is 0 Å². The maximum Gasteiger partial charge on any atom is 0.276 e. The van der Waals surface area contributed by atoms with Crippen LogP contribution >= 0.6 is 0 Å². The second-order valence-electron chi connectivity index (χ2n) is 6.19. The van der Waals surface area contributed by atoms with Gasteiger partial charge in [0, 0.05) is 31.2 Å².